The molecule has 0 aliphatic heterocycles. The average molecular weight is 384 g/mol. The molecule has 0 spiro atoms. The van der Waals surface area contributed by atoms with Gasteiger partial charge in [0.1, 0.15) is 11.9 Å². The Bertz CT molecular complexity index is 772. The predicted molar refractivity (Wildman–Crippen MR) is 102 cm³/mol. The number of hydrogen-bond acceptors (Lipinski definition) is 7. The van der Waals surface area contributed by atoms with E-state index in [4.69, 9.17) is 26.4 Å². The van der Waals surface area contributed by atoms with E-state index >= 15 is 0 Å². The highest BCUT2D eigenvalue weighted by Crippen LogP contribution is 2.21. The van der Waals surface area contributed by atoms with Crippen molar-refractivity contribution in [3.8, 4) is 5.75 Å². The summed E-state index contributed by atoms with van der Waals surface area (Å²) in [4.78, 5) is 27.5. The molecule has 2 rings (SSSR count). The monoisotopic (exact) mass is 384 g/mol. The summed E-state index contributed by atoms with van der Waals surface area (Å²) in [6, 6.07) is 11.0. The first-order valence-electron chi connectivity index (χ1n) is 8.53. The summed E-state index contributed by atoms with van der Waals surface area (Å²) >= 11 is 0. The lowest BCUT2D eigenvalue weighted by molar-refractivity contribution is -0.128. The third kappa shape index (κ3) is 6.36. The zero-order valence-corrected chi connectivity index (χ0v) is 15.1. The van der Waals surface area contributed by atoms with E-state index in [1.807, 2.05) is 0 Å². The van der Waals surface area contributed by atoms with Gasteiger partial charge in [0.25, 0.3) is 0 Å². The molecule has 28 heavy (non-hydrogen) atoms. The number of ether oxygens (including phenoxy) is 2. The second kappa shape index (κ2) is 10.6. The molecular formula is C19H22N5O4. The molecule has 147 valence electrons. The molecule has 1 aromatic heterocycles. The Balaban J connectivity index is 2.10. The van der Waals surface area contributed by atoms with Crippen molar-refractivity contribution < 1.29 is 19.1 Å². The van der Waals surface area contributed by atoms with Crippen LogP contribution in [0, 0.1) is 5.41 Å². The zero-order chi connectivity index (χ0) is 20.4. The maximum atomic E-state index is 12.8. The molecule has 0 bridgehead atoms. The van der Waals surface area contributed by atoms with Crippen LogP contribution in [0.5, 0.6) is 5.75 Å². The van der Waals surface area contributed by atoms with Crippen LogP contribution in [0.2, 0.25) is 0 Å². The molecule has 1 heterocycles. The number of benzene rings is 1. The molecule has 2 aromatic rings. The number of aromatic nitrogens is 1. The Morgan fingerprint density at radius 2 is 2.00 bits per heavy atom. The van der Waals surface area contributed by atoms with Crippen LogP contribution in [0.15, 0.2) is 54.9 Å². The van der Waals surface area contributed by atoms with E-state index < -0.39 is 24.0 Å². The fourth-order valence-electron chi connectivity index (χ4n) is 2.57. The molecule has 1 aromatic carbocycles. The number of Topliss-reactive ketones (excluding diaryl/α,β-unsaturated/α-hetero) is 1. The smallest absolute Gasteiger partial charge is 0.418 e. The molecule has 9 heteroatoms. The quantitative estimate of drug-likeness (QED) is 0.321. The van der Waals surface area contributed by atoms with Gasteiger partial charge in [-0.1, -0.05) is 30.3 Å². The second-order valence-corrected chi connectivity index (χ2v) is 5.96. The summed E-state index contributed by atoms with van der Waals surface area (Å²) in [6.45, 7) is 1.47. The molecule has 0 saturated carbocycles. The lowest BCUT2D eigenvalue weighted by Crippen LogP contribution is -2.44. The first-order valence-corrected chi connectivity index (χ1v) is 8.53. The van der Waals surface area contributed by atoms with Crippen LogP contribution in [0.1, 0.15) is 18.1 Å². The van der Waals surface area contributed by atoms with Crippen LogP contribution in [0.25, 0.3) is 0 Å². The Labute approximate surface area is 162 Å². The highest BCUT2D eigenvalue weighted by molar-refractivity contribution is 5.89. The van der Waals surface area contributed by atoms with Crippen LogP contribution < -0.4 is 21.5 Å². The van der Waals surface area contributed by atoms with E-state index in [1.165, 1.54) is 12.7 Å². The zero-order valence-electron chi connectivity index (χ0n) is 15.1. The molecule has 9 nitrogen and oxygen atoms in total. The second-order valence-electron chi connectivity index (χ2n) is 5.96. The van der Waals surface area contributed by atoms with Gasteiger partial charge in [0.2, 0.25) is 0 Å². The molecule has 0 aliphatic rings. The molecule has 0 saturated heterocycles. The van der Waals surface area contributed by atoms with E-state index in [2.05, 4.69) is 10.3 Å². The van der Waals surface area contributed by atoms with Gasteiger partial charge in [-0.25, -0.2) is 4.79 Å². The van der Waals surface area contributed by atoms with Gasteiger partial charge in [0.15, 0.2) is 17.8 Å². The number of nitrogens with zero attached hydrogens (tertiary/aromatic N) is 1. The van der Waals surface area contributed by atoms with Crippen molar-refractivity contribution in [1.82, 2.24) is 10.3 Å². The fraction of sp³-hybridized carbons (Fsp3) is 0.263. The molecule has 1 radical (unpaired) electrons. The summed E-state index contributed by atoms with van der Waals surface area (Å²) < 4.78 is 10.7. The number of carbonyl (C=O) groups is 1. The molecule has 6 N–H and O–H groups in total. The Morgan fingerprint density at radius 1 is 1.25 bits per heavy atom. The summed E-state index contributed by atoms with van der Waals surface area (Å²) in [5.74, 6) is -0.243. The van der Waals surface area contributed by atoms with Crippen LogP contribution in [-0.4, -0.2) is 41.9 Å². The summed E-state index contributed by atoms with van der Waals surface area (Å²) in [6.07, 6.45) is 1.48. The largest absolute Gasteiger partial charge is 0.487 e. The van der Waals surface area contributed by atoms with Crippen molar-refractivity contribution in [2.24, 2.45) is 11.5 Å². The summed E-state index contributed by atoms with van der Waals surface area (Å²) in [5, 5.41) is 9.96. The number of nitrogens with two attached hydrogens (primary N) is 2. The average Bonchev–Trinajstić information content (AvgIpc) is 2.71. The maximum absolute atomic E-state index is 12.8. The summed E-state index contributed by atoms with van der Waals surface area (Å²) in [7, 11) is 0. The Kier molecular flexibility index (Phi) is 7.92. The summed E-state index contributed by atoms with van der Waals surface area (Å²) in [5.41, 5.74) is 11.9. The van der Waals surface area contributed by atoms with E-state index in [0.29, 0.717) is 11.3 Å². The normalized spacial score (nSPS) is 13.6. The van der Waals surface area contributed by atoms with E-state index in [-0.39, 0.29) is 18.9 Å². The van der Waals surface area contributed by atoms with Crippen molar-refractivity contribution in [3.05, 3.63) is 60.4 Å². The highest BCUT2D eigenvalue weighted by atomic mass is 16.5. The van der Waals surface area contributed by atoms with Gasteiger partial charge >= 0.3 is 6.47 Å². The number of hydrogen-bond donors (Lipinski definition) is 4. The van der Waals surface area contributed by atoms with Crippen LogP contribution >= 0.6 is 0 Å². The highest BCUT2D eigenvalue weighted by Gasteiger charge is 2.30. The van der Waals surface area contributed by atoms with Crippen molar-refractivity contribution in [2.75, 3.05) is 6.54 Å². The molecule has 0 amide bonds. The number of pyridine rings is 1. The molecule has 0 aliphatic carbocycles. The number of rotatable bonds is 11. The first-order chi connectivity index (χ1) is 13.5. The third-order valence-corrected chi connectivity index (χ3v) is 3.87. The Hall–Kier alpha value is -3.46. The standard InChI is InChI=1S/C19H22N5O4/c20-16(17(26)18(27-12-25)13-5-2-1-3-6-13)9-15(11-24-19(21)22)28-14-7-4-8-23-10-14/h1-8,10,15-16,18H,9,11,20H2,(H4,21,22,24)/t15?,16-,18?/m0/s1. The van der Waals surface area contributed by atoms with E-state index in [9.17, 15) is 9.59 Å². The van der Waals surface area contributed by atoms with Gasteiger partial charge in [-0.2, -0.15) is 0 Å². The van der Waals surface area contributed by atoms with Crippen molar-refractivity contribution >= 4 is 18.2 Å². The molecular weight excluding hydrogens is 362 g/mol. The molecule has 2 unspecified atom stereocenters. The lowest BCUT2D eigenvalue weighted by atomic mass is 9.97. The number of nitrogens with one attached hydrogen (secondary N) is 2. The van der Waals surface area contributed by atoms with Gasteiger partial charge in [-0.3, -0.25) is 15.2 Å². The van der Waals surface area contributed by atoms with Gasteiger partial charge < -0.3 is 26.3 Å². The van der Waals surface area contributed by atoms with Crippen LogP contribution in [-0.2, 0) is 14.3 Å². The van der Waals surface area contributed by atoms with Gasteiger partial charge in [0, 0.05) is 18.2 Å². The number of ketones is 1. The van der Waals surface area contributed by atoms with E-state index in [0.717, 1.165) is 0 Å². The fourth-order valence-corrected chi connectivity index (χ4v) is 2.57. The maximum Gasteiger partial charge on any atom is 0.418 e. The lowest BCUT2D eigenvalue weighted by Gasteiger charge is -2.24. The third-order valence-electron chi connectivity index (χ3n) is 3.87. The van der Waals surface area contributed by atoms with Crippen LogP contribution in [0.4, 0.5) is 0 Å². The van der Waals surface area contributed by atoms with Gasteiger partial charge in [-0.15, -0.1) is 0 Å². The van der Waals surface area contributed by atoms with Crippen molar-refractivity contribution in [3.63, 3.8) is 0 Å². The van der Waals surface area contributed by atoms with Crippen LogP contribution in [0.3, 0.4) is 0 Å². The topological polar surface area (TPSA) is 153 Å². The van der Waals surface area contributed by atoms with E-state index in [1.54, 1.807) is 48.7 Å². The van der Waals surface area contributed by atoms with Gasteiger partial charge in [0.05, 0.1) is 18.8 Å². The van der Waals surface area contributed by atoms with Crippen molar-refractivity contribution in [1.29, 1.82) is 5.41 Å². The predicted octanol–water partition coefficient (Wildman–Crippen LogP) is 0.424. The van der Waals surface area contributed by atoms with Crippen molar-refractivity contribution in [2.45, 2.75) is 24.7 Å². The Morgan fingerprint density at radius 3 is 2.61 bits per heavy atom. The van der Waals surface area contributed by atoms with Gasteiger partial charge in [-0.05, 0) is 12.1 Å². The minimum atomic E-state index is -1.16. The SMILES string of the molecule is N=C(N)NCC(C[C@H](N)C(=O)C(O[C]=O)c1ccccc1)Oc1cccnc1. The number of guanidine groups is 1. The first kappa shape index (κ1) is 20.8. The molecule has 3 atom stereocenters. The molecule has 0 fully saturated rings. The number of carbonyl (C=O) groups excluding carboxylic acids is 2. The minimum Gasteiger partial charge on any atom is -0.487 e. The minimum absolute atomic E-state index is 0.0968.